The van der Waals surface area contributed by atoms with E-state index >= 15 is 0 Å². The van der Waals surface area contributed by atoms with Crippen LogP contribution < -0.4 is 0 Å². The molecule has 1 aromatic rings. The number of hydrogen-bond donors (Lipinski definition) is 1. The van der Waals surface area contributed by atoms with Crippen LogP contribution in [-0.2, 0) is 11.3 Å². The molecule has 2 rings (SSSR count). The lowest BCUT2D eigenvalue weighted by atomic mass is 10.3. The average molecular weight is 294 g/mol. The van der Waals surface area contributed by atoms with Gasteiger partial charge in [-0.2, -0.15) is 5.10 Å². The molecule has 1 unspecified atom stereocenters. The van der Waals surface area contributed by atoms with E-state index in [4.69, 9.17) is 5.11 Å². The van der Waals surface area contributed by atoms with Gasteiger partial charge in [-0.25, -0.2) is 0 Å². The second-order valence-corrected chi connectivity index (χ2v) is 5.84. The maximum atomic E-state index is 10.8. The zero-order valence-corrected chi connectivity index (χ0v) is 13.0. The van der Waals surface area contributed by atoms with E-state index in [2.05, 4.69) is 36.1 Å². The zero-order valence-electron chi connectivity index (χ0n) is 13.0. The maximum absolute atomic E-state index is 10.8. The predicted octanol–water partition coefficient (Wildman–Crippen LogP) is 1.45. The Bertz CT molecular complexity index is 460. The van der Waals surface area contributed by atoms with Crippen LogP contribution in [0.4, 0.5) is 0 Å². The lowest BCUT2D eigenvalue weighted by molar-refractivity contribution is -0.138. The fourth-order valence-electron chi connectivity index (χ4n) is 2.66. The number of aliphatic carboxylic acids is 1. The Kier molecular flexibility index (Phi) is 5.76. The van der Waals surface area contributed by atoms with Crippen LogP contribution in [0.3, 0.4) is 0 Å². The van der Waals surface area contributed by atoms with E-state index in [9.17, 15) is 4.79 Å². The van der Waals surface area contributed by atoms with Crippen LogP contribution in [-0.4, -0.2) is 63.4 Å². The van der Waals surface area contributed by atoms with Crippen LogP contribution in [0.5, 0.6) is 0 Å². The van der Waals surface area contributed by atoms with E-state index in [0.717, 1.165) is 51.3 Å². The highest BCUT2D eigenvalue weighted by Gasteiger charge is 2.17. The molecule has 2 heterocycles. The molecule has 1 aliphatic heterocycles. The van der Waals surface area contributed by atoms with Crippen LogP contribution in [0.15, 0.2) is 12.3 Å². The Hall–Kier alpha value is -1.40. The maximum Gasteiger partial charge on any atom is 0.317 e. The Labute approximate surface area is 126 Å². The summed E-state index contributed by atoms with van der Waals surface area (Å²) >= 11 is 0. The molecular weight excluding hydrogens is 268 g/mol. The molecule has 1 atom stereocenters. The van der Waals surface area contributed by atoms with Crippen molar-refractivity contribution >= 4 is 5.97 Å². The van der Waals surface area contributed by atoms with Crippen molar-refractivity contribution in [3.05, 3.63) is 18.0 Å². The molecule has 0 bridgehead atoms. The first-order valence-electron chi connectivity index (χ1n) is 7.79. The van der Waals surface area contributed by atoms with Gasteiger partial charge >= 0.3 is 5.97 Å². The molecule has 6 heteroatoms. The third-order valence-corrected chi connectivity index (χ3v) is 4.13. The number of hydrogen-bond acceptors (Lipinski definition) is 4. The van der Waals surface area contributed by atoms with Crippen LogP contribution in [0, 0.1) is 0 Å². The van der Waals surface area contributed by atoms with Gasteiger partial charge in [-0.1, -0.05) is 6.92 Å². The Balaban J connectivity index is 1.85. The summed E-state index contributed by atoms with van der Waals surface area (Å²) in [6, 6.07) is 2.53. The van der Waals surface area contributed by atoms with Gasteiger partial charge in [0, 0.05) is 38.4 Å². The molecule has 118 valence electrons. The summed E-state index contributed by atoms with van der Waals surface area (Å²) in [7, 11) is 0. The smallest absolute Gasteiger partial charge is 0.317 e. The van der Waals surface area contributed by atoms with Crippen LogP contribution in [0.25, 0.3) is 0 Å². The van der Waals surface area contributed by atoms with Crippen molar-refractivity contribution < 1.29 is 9.90 Å². The molecule has 1 aliphatic rings. The lowest BCUT2D eigenvalue weighted by Gasteiger charge is -2.19. The van der Waals surface area contributed by atoms with E-state index in [1.807, 2.05) is 9.58 Å². The molecule has 21 heavy (non-hydrogen) atoms. The van der Waals surface area contributed by atoms with Crippen LogP contribution in [0.1, 0.15) is 38.4 Å². The second kappa shape index (κ2) is 7.56. The minimum Gasteiger partial charge on any atom is -0.480 e. The standard InChI is InChI=1S/C15H26N4O2/c1-3-13(2)19-8-5-14(16-19)11-17-6-4-7-18(10-9-17)12-15(20)21/h5,8,13H,3-4,6-7,9-12H2,1-2H3,(H,20,21). The summed E-state index contributed by atoms with van der Waals surface area (Å²) in [5, 5.41) is 13.5. The largest absolute Gasteiger partial charge is 0.480 e. The van der Waals surface area contributed by atoms with Crippen molar-refractivity contribution in [3.63, 3.8) is 0 Å². The normalized spacial score (nSPS) is 19.3. The minimum atomic E-state index is -0.740. The summed E-state index contributed by atoms with van der Waals surface area (Å²) in [5.74, 6) is -0.740. The van der Waals surface area contributed by atoms with Crippen molar-refractivity contribution in [2.75, 3.05) is 32.7 Å². The van der Waals surface area contributed by atoms with Gasteiger partial charge in [0.2, 0.25) is 0 Å². The first-order chi connectivity index (χ1) is 10.1. The van der Waals surface area contributed by atoms with E-state index in [1.54, 1.807) is 0 Å². The molecule has 0 saturated carbocycles. The van der Waals surface area contributed by atoms with E-state index in [1.165, 1.54) is 0 Å². The highest BCUT2D eigenvalue weighted by Crippen LogP contribution is 2.12. The van der Waals surface area contributed by atoms with Crippen molar-refractivity contribution in [3.8, 4) is 0 Å². The number of carboxylic acid groups (broad SMARTS) is 1. The van der Waals surface area contributed by atoms with Crippen molar-refractivity contribution in [2.45, 2.75) is 39.3 Å². The first kappa shape index (κ1) is 16.0. The van der Waals surface area contributed by atoms with E-state index < -0.39 is 5.97 Å². The van der Waals surface area contributed by atoms with Gasteiger partial charge in [0.1, 0.15) is 0 Å². The van der Waals surface area contributed by atoms with Crippen LogP contribution >= 0.6 is 0 Å². The molecule has 1 saturated heterocycles. The van der Waals surface area contributed by atoms with E-state index in [-0.39, 0.29) is 6.54 Å². The minimum absolute atomic E-state index is 0.149. The van der Waals surface area contributed by atoms with Crippen molar-refractivity contribution in [1.29, 1.82) is 0 Å². The first-order valence-corrected chi connectivity index (χ1v) is 7.79. The Morgan fingerprint density at radius 2 is 2.05 bits per heavy atom. The fourth-order valence-corrected chi connectivity index (χ4v) is 2.66. The lowest BCUT2D eigenvalue weighted by Crippen LogP contribution is -2.34. The van der Waals surface area contributed by atoms with Crippen LogP contribution in [0.2, 0.25) is 0 Å². The van der Waals surface area contributed by atoms with Gasteiger partial charge in [0.15, 0.2) is 0 Å². The molecule has 1 N–H and O–H groups in total. The molecule has 0 amide bonds. The number of aromatic nitrogens is 2. The number of carbonyl (C=O) groups is 1. The fraction of sp³-hybridized carbons (Fsp3) is 0.733. The third kappa shape index (κ3) is 4.82. The van der Waals surface area contributed by atoms with Crippen molar-refractivity contribution in [2.24, 2.45) is 0 Å². The molecule has 1 aromatic heterocycles. The quantitative estimate of drug-likeness (QED) is 0.860. The highest BCUT2D eigenvalue weighted by atomic mass is 16.4. The molecule has 0 aromatic carbocycles. The van der Waals surface area contributed by atoms with Gasteiger partial charge in [-0.15, -0.1) is 0 Å². The Morgan fingerprint density at radius 1 is 1.33 bits per heavy atom. The summed E-state index contributed by atoms with van der Waals surface area (Å²) in [4.78, 5) is 15.2. The van der Waals surface area contributed by atoms with E-state index in [0.29, 0.717) is 6.04 Å². The van der Waals surface area contributed by atoms with Gasteiger partial charge in [0.05, 0.1) is 12.2 Å². The summed E-state index contributed by atoms with van der Waals surface area (Å²) in [5.41, 5.74) is 1.10. The topological polar surface area (TPSA) is 61.6 Å². The molecular formula is C15H26N4O2. The van der Waals surface area contributed by atoms with Gasteiger partial charge < -0.3 is 5.11 Å². The highest BCUT2D eigenvalue weighted by molar-refractivity contribution is 5.69. The van der Waals surface area contributed by atoms with Gasteiger partial charge in [0.25, 0.3) is 0 Å². The number of nitrogens with zero attached hydrogens (tertiary/aromatic N) is 4. The molecule has 0 aliphatic carbocycles. The third-order valence-electron chi connectivity index (χ3n) is 4.13. The van der Waals surface area contributed by atoms with Crippen molar-refractivity contribution in [1.82, 2.24) is 19.6 Å². The monoisotopic (exact) mass is 294 g/mol. The predicted molar refractivity (Wildman–Crippen MR) is 81.2 cm³/mol. The molecule has 0 spiro atoms. The molecule has 1 fully saturated rings. The summed E-state index contributed by atoms with van der Waals surface area (Å²) in [6.45, 7) is 8.93. The number of rotatable bonds is 6. The molecule has 0 radical (unpaired) electrons. The Morgan fingerprint density at radius 3 is 2.76 bits per heavy atom. The average Bonchev–Trinajstić information content (AvgIpc) is 2.80. The van der Waals surface area contributed by atoms with Gasteiger partial charge in [-0.3, -0.25) is 19.3 Å². The SMILES string of the molecule is CCC(C)n1ccc(CN2CCCN(CC(=O)O)CC2)n1. The second-order valence-electron chi connectivity index (χ2n) is 5.84. The number of carboxylic acids is 1. The summed E-state index contributed by atoms with van der Waals surface area (Å²) in [6.07, 6.45) is 4.15. The zero-order chi connectivity index (χ0) is 15.2. The molecule has 6 nitrogen and oxygen atoms in total. The summed E-state index contributed by atoms with van der Waals surface area (Å²) < 4.78 is 2.03. The van der Waals surface area contributed by atoms with Gasteiger partial charge in [-0.05, 0) is 32.4 Å².